The Morgan fingerprint density at radius 1 is 1.36 bits per heavy atom. The lowest BCUT2D eigenvalue weighted by Crippen LogP contribution is -2.02. The van der Waals surface area contributed by atoms with Crippen LogP contribution in [0, 0.1) is 0 Å². The fourth-order valence-corrected chi connectivity index (χ4v) is 1.71. The summed E-state index contributed by atoms with van der Waals surface area (Å²) in [7, 11) is 0.149. The van der Waals surface area contributed by atoms with E-state index < -0.39 is 0 Å². The second kappa shape index (κ2) is 2.80. The number of fused-ring (bicyclic) bond motifs is 1. The Hall–Kier alpha value is -0.590. The molecule has 1 aromatic carbocycles. The fourth-order valence-electron chi connectivity index (χ4n) is 1.11. The molecular formula is C8H9O2P. The lowest BCUT2D eigenvalue weighted by molar-refractivity contribution is 0.220. The summed E-state index contributed by atoms with van der Waals surface area (Å²) in [5.41, 5.74) is 1.14. The van der Waals surface area contributed by atoms with Crippen LogP contribution in [0.25, 0.3) is 0 Å². The molecule has 0 saturated carbocycles. The number of hydrogen-bond acceptors (Lipinski definition) is 2. The first-order chi connectivity index (χ1) is 5.38. The third kappa shape index (κ3) is 1.24. The summed E-state index contributed by atoms with van der Waals surface area (Å²) in [6.45, 7) is 2.04. The van der Waals surface area contributed by atoms with Crippen LogP contribution in [-0.2, 0) is 4.52 Å². The molecule has 1 aromatic rings. The Morgan fingerprint density at radius 3 is 3.00 bits per heavy atom. The van der Waals surface area contributed by atoms with Gasteiger partial charge in [0.2, 0.25) is 9.03 Å². The zero-order valence-electron chi connectivity index (χ0n) is 6.20. The van der Waals surface area contributed by atoms with Crippen molar-refractivity contribution in [3.8, 4) is 5.75 Å². The summed E-state index contributed by atoms with van der Waals surface area (Å²) in [4.78, 5) is 0. The minimum Gasteiger partial charge on any atom is -0.449 e. The molecule has 11 heavy (non-hydrogen) atoms. The molecule has 0 aliphatic carbocycles. The molecule has 0 radical (unpaired) electrons. The normalized spacial score (nSPS) is 24.3. The van der Waals surface area contributed by atoms with Gasteiger partial charge in [-0.05, 0) is 13.0 Å². The molecule has 2 atom stereocenters. The van der Waals surface area contributed by atoms with Crippen molar-refractivity contribution in [3.05, 3.63) is 29.8 Å². The first-order valence-electron chi connectivity index (χ1n) is 3.54. The quantitative estimate of drug-likeness (QED) is 0.554. The monoisotopic (exact) mass is 168 g/mol. The molecule has 0 saturated heterocycles. The van der Waals surface area contributed by atoms with Crippen molar-refractivity contribution in [3.63, 3.8) is 0 Å². The van der Waals surface area contributed by atoms with Crippen molar-refractivity contribution < 1.29 is 9.05 Å². The number of hydrogen-bond donors (Lipinski definition) is 0. The Labute approximate surface area is 67.5 Å². The van der Waals surface area contributed by atoms with Gasteiger partial charge in [-0.1, -0.05) is 18.2 Å². The van der Waals surface area contributed by atoms with Crippen LogP contribution in [0.5, 0.6) is 5.75 Å². The first kappa shape index (κ1) is 7.08. The molecule has 58 valence electrons. The Kier molecular flexibility index (Phi) is 1.80. The van der Waals surface area contributed by atoms with Gasteiger partial charge in [0.25, 0.3) is 0 Å². The van der Waals surface area contributed by atoms with Gasteiger partial charge in [0.05, 0.1) is 6.10 Å². The molecule has 3 heteroatoms. The summed E-state index contributed by atoms with van der Waals surface area (Å²) in [6.07, 6.45) is 0.179. The maximum Gasteiger partial charge on any atom is 0.215 e. The zero-order chi connectivity index (χ0) is 7.68. The average Bonchev–Trinajstić information content (AvgIpc) is 2.06. The Morgan fingerprint density at radius 2 is 2.18 bits per heavy atom. The summed E-state index contributed by atoms with van der Waals surface area (Å²) in [5.74, 6) is 0.963. The van der Waals surface area contributed by atoms with Gasteiger partial charge in [-0.3, -0.25) is 0 Å². The maximum absolute atomic E-state index is 5.31. The van der Waals surface area contributed by atoms with Crippen molar-refractivity contribution in [2.45, 2.75) is 13.0 Å². The van der Waals surface area contributed by atoms with Crippen molar-refractivity contribution in [2.24, 2.45) is 0 Å². The first-order valence-corrected chi connectivity index (χ1v) is 4.36. The van der Waals surface area contributed by atoms with Crippen LogP contribution >= 0.6 is 9.03 Å². The molecule has 1 aliphatic heterocycles. The Bertz CT molecular complexity index is 262. The van der Waals surface area contributed by atoms with E-state index in [2.05, 4.69) is 0 Å². The molecular weight excluding hydrogens is 159 g/mol. The largest absolute Gasteiger partial charge is 0.449 e. The van der Waals surface area contributed by atoms with E-state index in [-0.39, 0.29) is 15.1 Å². The smallest absolute Gasteiger partial charge is 0.215 e. The molecule has 0 bridgehead atoms. The van der Waals surface area contributed by atoms with E-state index in [9.17, 15) is 0 Å². The molecule has 1 aliphatic rings. The predicted molar refractivity (Wildman–Crippen MR) is 44.9 cm³/mol. The van der Waals surface area contributed by atoms with E-state index >= 15 is 0 Å². The molecule has 0 fully saturated rings. The highest BCUT2D eigenvalue weighted by Gasteiger charge is 2.16. The average molecular weight is 168 g/mol. The molecule has 0 N–H and O–H groups in total. The fraction of sp³-hybridized carbons (Fsp3) is 0.250. The van der Waals surface area contributed by atoms with Gasteiger partial charge in [0, 0.05) is 5.56 Å². The van der Waals surface area contributed by atoms with E-state index in [0.717, 1.165) is 11.3 Å². The number of para-hydroxylation sites is 1. The second-order valence-electron chi connectivity index (χ2n) is 2.48. The van der Waals surface area contributed by atoms with Gasteiger partial charge in [0.1, 0.15) is 5.75 Å². The summed E-state index contributed by atoms with van der Waals surface area (Å²) >= 11 is 0. The van der Waals surface area contributed by atoms with Crippen LogP contribution in [0.3, 0.4) is 0 Å². The summed E-state index contributed by atoms with van der Waals surface area (Å²) in [5, 5.41) is 0. The Balaban J connectivity index is 2.44. The van der Waals surface area contributed by atoms with E-state index in [0.29, 0.717) is 0 Å². The highest BCUT2D eigenvalue weighted by molar-refractivity contribution is 7.26. The number of rotatable bonds is 0. The van der Waals surface area contributed by atoms with Crippen molar-refractivity contribution in [1.82, 2.24) is 0 Å². The topological polar surface area (TPSA) is 18.5 Å². The van der Waals surface area contributed by atoms with Crippen LogP contribution in [0.15, 0.2) is 24.3 Å². The highest BCUT2D eigenvalue weighted by atomic mass is 31.1. The van der Waals surface area contributed by atoms with Crippen molar-refractivity contribution in [2.75, 3.05) is 0 Å². The van der Waals surface area contributed by atoms with E-state index in [1.807, 2.05) is 31.2 Å². The zero-order valence-corrected chi connectivity index (χ0v) is 7.20. The molecule has 2 rings (SSSR count). The van der Waals surface area contributed by atoms with Gasteiger partial charge in [-0.2, -0.15) is 0 Å². The van der Waals surface area contributed by atoms with Crippen LogP contribution < -0.4 is 4.52 Å². The van der Waals surface area contributed by atoms with Crippen LogP contribution in [0.4, 0.5) is 0 Å². The van der Waals surface area contributed by atoms with Crippen molar-refractivity contribution in [1.29, 1.82) is 0 Å². The van der Waals surface area contributed by atoms with Crippen LogP contribution in [0.2, 0.25) is 0 Å². The summed E-state index contributed by atoms with van der Waals surface area (Å²) in [6, 6.07) is 7.98. The minimum absolute atomic E-state index is 0.149. The lowest BCUT2D eigenvalue weighted by atomic mass is 10.1. The minimum atomic E-state index is 0.149. The van der Waals surface area contributed by atoms with Crippen LogP contribution in [0.1, 0.15) is 18.6 Å². The molecule has 2 nitrogen and oxygen atoms in total. The predicted octanol–water partition coefficient (Wildman–Crippen LogP) is 2.67. The van der Waals surface area contributed by atoms with E-state index in [1.54, 1.807) is 0 Å². The lowest BCUT2D eigenvalue weighted by Gasteiger charge is -2.21. The molecule has 0 amide bonds. The standard InChI is InChI=1S/C8H9O2P/c1-6-7-4-2-3-5-8(7)10-11-9-6/h2-6,11H,1H3. The van der Waals surface area contributed by atoms with Gasteiger partial charge >= 0.3 is 0 Å². The van der Waals surface area contributed by atoms with Gasteiger partial charge in [-0.25, -0.2) is 0 Å². The molecule has 2 unspecified atom stereocenters. The highest BCUT2D eigenvalue weighted by Crippen LogP contribution is 2.39. The maximum atomic E-state index is 5.31. The molecule has 0 aromatic heterocycles. The van der Waals surface area contributed by atoms with Gasteiger partial charge < -0.3 is 9.05 Å². The second-order valence-corrected chi connectivity index (χ2v) is 3.09. The molecule has 1 heterocycles. The van der Waals surface area contributed by atoms with Gasteiger partial charge in [0.15, 0.2) is 0 Å². The third-order valence-corrected chi connectivity index (χ3v) is 2.49. The van der Waals surface area contributed by atoms with Crippen LogP contribution in [-0.4, -0.2) is 0 Å². The van der Waals surface area contributed by atoms with Crippen molar-refractivity contribution >= 4 is 9.03 Å². The third-order valence-electron chi connectivity index (χ3n) is 1.73. The molecule has 0 spiro atoms. The summed E-state index contributed by atoms with van der Waals surface area (Å²) < 4.78 is 10.6. The van der Waals surface area contributed by atoms with E-state index in [4.69, 9.17) is 9.05 Å². The van der Waals surface area contributed by atoms with Gasteiger partial charge in [-0.15, -0.1) is 0 Å². The number of benzene rings is 1. The van der Waals surface area contributed by atoms with E-state index in [1.165, 1.54) is 0 Å². The SMILES string of the molecule is CC1OPOc2ccccc21.